The van der Waals surface area contributed by atoms with Crippen molar-refractivity contribution >= 4 is 17.9 Å². The van der Waals surface area contributed by atoms with Gasteiger partial charge in [0.1, 0.15) is 13.2 Å². The van der Waals surface area contributed by atoms with Crippen LogP contribution < -0.4 is 0 Å². The van der Waals surface area contributed by atoms with Crippen LogP contribution in [0.1, 0.15) is 393 Å². The van der Waals surface area contributed by atoms with Crippen LogP contribution in [0.25, 0.3) is 0 Å². The molecule has 0 saturated carbocycles. The fourth-order valence-corrected chi connectivity index (χ4v) is 11.0. The Morgan fingerprint density at radius 2 is 0.470 bits per heavy atom. The van der Waals surface area contributed by atoms with Crippen molar-refractivity contribution in [3.8, 4) is 0 Å². The molecule has 1 atom stereocenters. The SMILES string of the molecule is CC/C=C\C/C=C\C/C=C\C/C=C\CCCCCCCCCCCCCCCCCCCCC(=O)OCC(COC(=O)CCCCCCC/C=C\CCCCCCCCC)OC(=O)CCCCCCCCCCCCCCCCCCCC. The highest BCUT2D eigenvalue weighted by Crippen LogP contribution is 2.19. The molecule has 0 aliphatic rings. The molecule has 0 rings (SSSR count). The first-order valence-electron chi connectivity index (χ1n) is 36.8. The predicted molar refractivity (Wildman–Crippen MR) is 362 cm³/mol. The standard InChI is InChI=1S/C77H140O6/c1-4-7-10-13-16-19-22-25-28-31-33-34-35-36-37-38-39-40-41-42-43-44-45-47-49-52-55-58-61-64-67-70-76(79)82-73-74(72-81-75(78)69-66-63-60-57-54-51-48-30-27-24-21-18-15-12-9-6-3)83-77(80)71-68-65-62-59-56-53-50-46-32-29-26-23-20-17-14-11-8-5-2/h7,10,16,19,25,28,30,33-34,48,74H,4-6,8-9,11-15,17-18,20-24,26-27,29,31-32,35-47,49-73H2,1-3H3/b10-7-,19-16-,28-25-,34-33-,48-30-. The number of esters is 3. The molecule has 0 aliphatic carbocycles. The first kappa shape index (κ1) is 80.1. The van der Waals surface area contributed by atoms with Gasteiger partial charge in [-0.3, -0.25) is 14.4 Å². The van der Waals surface area contributed by atoms with Gasteiger partial charge in [-0.2, -0.15) is 0 Å². The Hall–Kier alpha value is -2.89. The maximum absolute atomic E-state index is 13.0. The molecule has 0 amide bonds. The van der Waals surface area contributed by atoms with E-state index in [0.717, 1.165) is 89.9 Å². The molecule has 0 aromatic carbocycles. The highest BCUT2D eigenvalue weighted by molar-refractivity contribution is 5.71. The second kappa shape index (κ2) is 71.6. The summed E-state index contributed by atoms with van der Waals surface area (Å²) in [4.78, 5) is 38.5. The van der Waals surface area contributed by atoms with Crippen LogP contribution in [0.4, 0.5) is 0 Å². The van der Waals surface area contributed by atoms with Gasteiger partial charge in [-0.15, -0.1) is 0 Å². The minimum Gasteiger partial charge on any atom is -0.462 e. The van der Waals surface area contributed by atoms with Gasteiger partial charge in [-0.05, 0) is 83.5 Å². The van der Waals surface area contributed by atoms with Crippen LogP contribution in [-0.2, 0) is 28.6 Å². The summed E-state index contributed by atoms with van der Waals surface area (Å²) in [6.07, 6.45) is 92.6. The molecule has 0 N–H and O–H groups in total. The summed E-state index contributed by atoms with van der Waals surface area (Å²) in [7, 11) is 0. The summed E-state index contributed by atoms with van der Waals surface area (Å²) in [5.41, 5.74) is 0. The number of carbonyl (C=O) groups excluding carboxylic acids is 3. The molecule has 1 unspecified atom stereocenters. The topological polar surface area (TPSA) is 78.9 Å². The number of hydrogen-bond acceptors (Lipinski definition) is 6. The Balaban J connectivity index is 4.21. The van der Waals surface area contributed by atoms with E-state index in [1.807, 2.05) is 0 Å². The number of carbonyl (C=O) groups is 3. The van der Waals surface area contributed by atoms with Crippen LogP contribution in [0.5, 0.6) is 0 Å². The lowest BCUT2D eigenvalue weighted by Gasteiger charge is -2.18. The molecule has 484 valence electrons. The molecule has 0 radical (unpaired) electrons. The molecule has 0 spiro atoms. The Bertz CT molecular complexity index is 1470. The fourth-order valence-electron chi connectivity index (χ4n) is 11.0. The van der Waals surface area contributed by atoms with Crippen LogP contribution in [-0.4, -0.2) is 37.2 Å². The van der Waals surface area contributed by atoms with E-state index in [-0.39, 0.29) is 31.1 Å². The van der Waals surface area contributed by atoms with Crippen LogP contribution in [0, 0.1) is 0 Å². The lowest BCUT2D eigenvalue weighted by atomic mass is 10.0. The molecule has 6 heteroatoms. The van der Waals surface area contributed by atoms with E-state index in [1.165, 1.54) is 263 Å². The van der Waals surface area contributed by atoms with E-state index in [2.05, 4.69) is 81.5 Å². The number of hydrogen-bond donors (Lipinski definition) is 0. The summed E-state index contributed by atoms with van der Waals surface area (Å²) >= 11 is 0. The molecule has 0 heterocycles. The molecule has 0 aromatic heterocycles. The summed E-state index contributed by atoms with van der Waals surface area (Å²) in [5.74, 6) is -0.849. The monoisotopic (exact) mass is 1160 g/mol. The third-order valence-electron chi connectivity index (χ3n) is 16.5. The van der Waals surface area contributed by atoms with Gasteiger partial charge in [0.25, 0.3) is 0 Å². The zero-order chi connectivity index (χ0) is 59.9. The lowest BCUT2D eigenvalue weighted by Crippen LogP contribution is -2.30. The van der Waals surface area contributed by atoms with E-state index >= 15 is 0 Å². The van der Waals surface area contributed by atoms with Crippen molar-refractivity contribution in [3.63, 3.8) is 0 Å². The zero-order valence-electron chi connectivity index (χ0n) is 55.7. The molecule has 83 heavy (non-hydrogen) atoms. The normalized spacial score (nSPS) is 12.4. The average Bonchev–Trinajstić information content (AvgIpc) is 3.49. The zero-order valence-corrected chi connectivity index (χ0v) is 55.7. The number of allylic oxidation sites excluding steroid dienone is 10. The van der Waals surface area contributed by atoms with Crippen LogP contribution in [0.3, 0.4) is 0 Å². The van der Waals surface area contributed by atoms with E-state index in [1.54, 1.807) is 0 Å². The van der Waals surface area contributed by atoms with Gasteiger partial charge in [0.05, 0.1) is 0 Å². The van der Waals surface area contributed by atoms with Crippen molar-refractivity contribution < 1.29 is 28.6 Å². The minimum absolute atomic E-state index is 0.0704. The number of rotatable bonds is 68. The molecule has 0 saturated heterocycles. The molecule has 0 fully saturated rings. The summed E-state index contributed by atoms with van der Waals surface area (Å²) < 4.78 is 17.0. The first-order chi connectivity index (χ1) is 41.0. The average molecular weight is 1160 g/mol. The molecule has 0 aromatic rings. The van der Waals surface area contributed by atoms with Crippen molar-refractivity contribution in [1.82, 2.24) is 0 Å². The second-order valence-corrected chi connectivity index (χ2v) is 24.8. The maximum Gasteiger partial charge on any atom is 0.306 e. The highest BCUT2D eigenvalue weighted by Gasteiger charge is 2.19. The number of ether oxygens (including phenoxy) is 3. The molecule has 0 bridgehead atoms. The lowest BCUT2D eigenvalue weighted by molar-refractivity contribution is -0.167. The van der Waals surface area contributed by atoms with Gasteiger partial charge in [-0.1, -0.05) is 351 Å². The van der Waals surface area contributed by atoms with E-state index in [0.29, 0.717) is 19.3 Å². The van der Waals surface area contributed by atoms with Gasteiger partial charge in [0.2, 0.25) is 0 Å². The van der Waals surface area contributed by atoms with Gasteiger partial charge >= 0.3 is 17.9 Å². The summed E-state index contributed by atoms with van der Waals surface area (Å²) in [6, 6.07) is 0. The van der Waals surface area contributed by atoms with Gasteiger partial charge in [-0.25, -0.2) is 0 Å². The van der Waals surface area contributed by atoms with Crippen LogP contribution in [0.15, 0.2) is 60.8 Å². The van der Waals surface area contributed by atoms with Crippen molar-refractivity contribution in [2.75, 3.05) is 13.2 Å². The Kier molecular flexibility index (Phi) is 69.1. The number of unbranched alkanes of at least 4 members (excludes halogenated alkanes) is 47. The third-order valence-corrected chi connectivity index (χ3v) is 16.5. The van der Waals surface area contributed by atoms with Gasteiger partial charge < -0.3 is 14.2 Å². The van der Waals surface area contributed by atoms with E-state index < -0.39 is 6.10 Å². The summed E-state index contributed by atoms with van der Waals surface area (Å²) in [5, 5.41) is 0. The largest absolute Gasteiger partial charge is 0.462 e. The Morgan fingerprint density at radius 3 is 0.747 bits per heavy atom. The third kappa shape index (κ3) is 69.8. The van der Waals surface area contributed by atoms with Crippen LogP contribution >= 0.6 is 0 Å². The highest BCUT2D eigenvalue weighted by atomic mass is 16.6. The molecular formula is C77H140O6. The molecular weight excluding hydrogens is 1020 g/mol. The smallest absolute Gasteiger partial charge is 0.306 e. The van der Waals surface area contributed by atoms with Crippen LogP contribution in [0.2, 0.25) is 0 Å². The van der Waals surface area contributed by atoms with Gasteiger partial charge in [0.15, 0.2) is 6.10 Å². The maximum atomic E-state index is 13.0. The molecule has 6 nitrogen and oxygen atoms in total. The second-order valence-electron chi connectivity index (χ2n) is 24.8. The van der Waals surface area contributed by atoms with Crippen molar-refractivity contribution in [1.29, 1.82) is 0 Å². The van der Waals surface area contributed by atoms with E-state index in [4.69, 9.17) is 14.2 Å². The van der Waals surface area contributed by atoms with Crippen molar-refractivity contribution in [3.05, 3.63) is 60.8 Å². The quantitative estimate of drug-likeness (QED) is 0.0261. The first-order valence-corrected chi connectivity index (χ1v) is 36.8. The Morgan fingerprint density at radius 1 is 0.253 bits per heavy atom. The minimum atomic E-state index is -0.775. The van der Waals surface area contributed by atoms with E-state index in [9.17, 15) is 14.4 Å². The predicted octanol–water partition coefficient (Wildman–Crippen LogP) is 25.5. The van der Waals surface area contributed by atoms with Crippen molar-refractivity contribution in [2.24, 2.45) is 0 Å². The van der Waals surface area contributed by atoms with Gasteiger partial charge in [0, 0.05) is 19.3 Å². The van der Waals surface area contributed by atoms with Crippen molar-refractivity contribution in [2.45, 2.75) is 399 Å². The molecule has 0 aliphatic heterocycles. The summed E-state index contributed by atoms with van der Waals surface area (Å²) in [6.45, 7) is 6.59. The fraction of sp³-hybridized carbons (Fsp3) is 0.831. The Labute approximate surface area is 517 Å².